The molecular weight excluding hydrogens is 773 g/mol. The van der Waals surface area contributed by atoms with E-state index < -0.39 is 48.3 Å². The molecule has 0 bridgehead atoms. The Balaban J connectivity index is 1.13. The smallest absolute Gasteiger partial charge is 0.164 e. The summed E-state index contributed by atoms with van der Waals surface area (Å²) in [5.41, 5.74) is 7.86. The second-order valence-electron chi connectivity index (χ2n) is 15.0. The third-order valence-corrected chi connectivity index (χ3v) is 12.5. The molecule has 12 rings (SSSR count). The van der Waals surface area contributed by atoms with Gasteiger partial charge < -0.3 is 4.57 Å². The van der Waals surface area contributed by atoms with Gasteiger partial charge in [0.05, 0.1) is 27.7 Å². The molecule has 0 radical (unpaired) electrons. The molecule has 0 N–H and O–H groups in total. The van der Waals surface area contributed by atoms with E-state index in [0.717, 1.165) is 38.9 Å². The van der Waals surface area contributed by atoms with Crippen LogP contribution in [-0.4, -0.2) is 19.5 Å². The van der Waals surface area contributed by atoms with E-state index in [0.29, 0.717) is 34.3 Å². The fourth-order valence-corrected chi connectivity index (χ4v) is 9.65. The van der Waals surface area contributed by atoms with Gasteiger partial charge in [-0.3, -0.25) is 0 Å². The van der Waals surface area contributed by atoms with E-state index in [2.05, 4.69) is 54.6 Å². The highest BCUT2D eigenvalue weighted by molar-refractivity contribution is 7.26. The highest BCUT2D eigenvalue weighted by Gasteiger charge is 2.20. The minimum atomic E-state index is -0.510. The topological polar surface area (TPSA) is 43.6 Å². The van der Waals surface area contributed by atoms with Crippen LogP contribution < -0.4 is 0 Å². The van der Waals surface area contributed by atoms with E-state index in [1.807, 2.05) is 115 Å². The number of nitrogens with zero attached hydrogens (tertiary/aromatic N) is 4. The molecule has 0 aliphatic rings. The summed E-state index contributed by atoms with van der Waals surface area (Å²) in [4.78, 5) is 15.3. The van der Waals surface area contributed by atoms with E-state index in [-0.39, 0.29) is 21.8 Å². The molecule has 9 aromatic carbocycles. The van der Waals surface area contributed by atoms with Crippen LogP contribution in [0.15, 0.2) is 218 Å². The quantitative estimate of drug-likeness (QED) is 0.161. The second-order valence-corrected chi connectivity index (χ2v) is 16.0. The van der Waals surface area contributed by atoms with Gasteiger partial charge in [-0.15, -0.1) is 11.3 Å². The maximum Gasteiger partial charge on any atom is 0.164 e. The first-order valence-corrected chi connectivity index (χ1v) is 21.0. The van der Waals surface area contributed by atoms with Crippen molar-refractivity contribution in [2.45, 2.75) is 0 Å². The highest BCUT2D eigenvalue weighted by atomic mass is 32.1. The fraction of sp³-hybridized carbons (Fsp3) is 0. The van der Waals surface area contributed by atoms with Crippen LogP contribution in [0, 0.1) is 0 Å². The Morgan fingerprint density at radius 3 is 1.61 bits per heavy atom. The number of rotatable bonds is 7. The van der Waals surface area contributed by atoms with Gasteiger partial charge >= 0.3 is 0 Å². The van der Waals surface area contributed by atoms with Crippen molar-refractivity contribution in [2.75, 3.05) is 0 Å². The second kappa shape index (κ2) is 14.9. The van der Waals surface area contributed by atoms with Gasteiger partial charge in [-0.2, -0.15) is 0 Å². The zero-order valence-corrected chi connectivity index (χ0v) is 33.7. The molecule has 62 heavy (non-hydrogen) atoms. The number of fused-ring (bicyclic) bond motifs is 6. The number of aromatic nitrogens is 4. The fourth-order valence-electron chi connectivity index (χ4n) is 8.41. The molecule has 0 amide bonds. The molecule has 0 saturated carbocycles. The van der Waals surface area contributed by atoms with Crippen LogP contribution in [0.4, 0.5) is 0 Å². The first kappa shape index (κ1) is 28.5. The predicted octanol–water partition coefficient (Wildman–Crippen LogP) is 15.3. The first-order valence-electron chi connectivity index (χ1n) is 24.2. The van der Waals surface area contributed by atoms with Gasteiger partial charge in [0.15, 0.2) is 17.5 Å². The molecule has 3 aromatic heterocycles. The number of thiophene rings is 1. The Morgan fingerprint density at radius 1 is 0.371 bits per heavy atom. The molecule has 290 valence electrons. The monoisotopic (exact) mass is 816 g/mol. The largest absolute Gasteiger partial charge is 0.309 e. The van der Waals surface area contributed by atoms with Crippen molar-refractivity contribution in [1.82, 2.24) is 19.5 Å². The average Bonchev–Trinajstić information content (AvgIpc) is 3.98. The van der Waals surface area contributed by atoms with E-state index in [9.17, 15) is 2.74 Å². The standard InChI is InChI=1S/C57H36N4S/c1-3-16-37(17-4-1)39-20-13-21-40(34-39)44-33-32-43(36-52(44)61-50-29-10-7-24-46(50)47-25-8-11-30-51(47)61)57-59-55(38-18-5-2-6-19-38)58-56(60-57)42-23-14-22-41(35-42)45-27-15-28-49-48-26-9-12-31-53(48)62-54(45)49/h1-36H/i7D,8D,10D,11D,24D,25D,29D,30D. The lowest BCUT2D eigenvalue weighted by Gasteiger charge is -2.17. The van der Waals surface area contributed by atoms with E-state index in [4.69, 9.17) is 23.2 Å². The first-order chi connectivity index (χ1) is 34.0. The lowest BCUT2D eigenvalue weighted by atomic mass is 9.96. The zero-order chi connectivity index (χ0) is 47.9. The van der Waals surface area contributed by atoms with E-state index >= 15 is 0 Å². The van der Waals surface area contributed by atoms with Crippen LogP contribution in [0.2, 0.25) is 0 Å². The van der Waals surface area contributed by atoms with Gasteiger partial charge in [-0.05, 0) is 64.2 Å². The van der Waals surface area contributed by atoms with Gasteiger partial charge in [0.25, 0.3) is 0 Å². The summed E-state index contributed by atoms with van der Waals surface area (Å²) in [5.74, 6) is 1.17. The summed E-state index contributed by atoms with van der Waals surface area (Å²) < 4.78 is 76.1. The molecule has 0 fully saturated rings. The van der Waals surface area contributed by atoms with Crippen LogP contribution in [0.1, 0.15) is 11.0 Å². The minimum absolute atomic E-state index is 0.0115. The summed E-state index contributed by atoms with van der Waals surface area (Å²) >= 11 is 1.76. The molecule has 4 nitrogen and oxygen atoms in total. The van der Waals surface area contributed by atoms with Gasteiger partial charge in [0, 0.05) is 53.2 Å². The molecule has 3 heterocycles. The Hall–Kier alpha value is -7.99. The summed E-state index contributed by atoms with van der Waals surface area (Å²) in [5, 5.41) is 2.38. The maximum absolute atomic E-state index is 9.37. The van der Waals surface area contributed by atoms with Crippen molar-refractivity contribution in [3.63, 3.8) is 0 Å². The number of hydrogen-bond donors (Lipinski definition) is 0. The Morgan fingerprint density at radius 2 is 0.887 bits per heavy atom. The van der Waals surface area contributed by atoms with Crippen molar-refractivity contribution in [2.24, 2.45) is 0 Å². The van der Waals surface area contributed by atoms with Gasteiger partial charge in [0.1, 0.15) is 0 Å². The summed E-state index contributed by atoms with van der Waals surface area (Å²) in [6.07, 6.45) is 0. The van der Waals surface area contributed by atoms with Gasteiger partial charge in [-0.25, -0.2) is 15.0 Å². The van der Waals surface area contributed by atoms with E-state index in [1.54, 1.807) is 15.9 Å². The molecule has 0 spiro atoms. The average molecular weight is 817 g/mol. The van der Waals surface area contributed by atoms with Crippen molar-refractivity contribution in [3.8, 4) is 73.2 Å². The van der Waals surface area contributed by atoms with Crippen molar-refractivity contribution in [1.29, 1.82) is 0 Å². The Labute approximate surface area is 374 Å². The summed E-state index contributed by atoms with van der Waals surface area (Å²) in [6, 6.07) is 52.5. The number of para-hydroxylation sites is 2. The molecule has 0 aliphatic carbocycles. The van der Waals surface area contributed by atoms with Crippen LogP contribution >= 0.6 is 11.3 Å². The van der Waals surface area contributed by atoms with Crippen LogP contribution in [0.3, 0.4) is 0 Å². The number of benzene rings is 9. The third kappa shape index (κ3) is 6.18. The third-order valence-electron chi connectivity index (χ3n) is 11.3. The summed E-state index contributed by atoms with van der Waals surface area (Å²) in [7, 11) is 0. The molecule has 0 atom stereocenters. The molecule has 12 aromatic rings. The lowest BCUT2D eigenvalue weighted by Crippen LogP contribution is -2.02. The molecule has 0 saturated heterocycles. The van der Waals surface area contributed by atoms with Crippen LogP contribution in [0.5, 0.6) is 0 Å². The molecular formula is C57H36N4S. The summed E-state index contributed by atoms with van der Waals surface area (Å²) in [6.45, 7) is 0. The Kier molecular flexibility index (Phi) is 6.86. The normalized spacial score (nSPS) is 13.4. The highest BCUT2D eigenvalue weighted by Crippen LogP contribution is 2.42. The zero-order valence-electron chi connectivity index (χ0n) is 40.9. The predicted molar refractivity (Wildman–Crippen MR) is 260 cm³/mol. The van der Waals surface area contributed by atoms with Gasteiger partial charge in [0.2, 0.25) is 0 Å². The van der Waals surface area contributed by atoms with Crippen LogP contribution in [0.25, 0.3) is 115 Å². The SMILES string of the molecule is [2H]c1c([2H])c([2H])c2c(c1[2H])c1c([2H])c([2H])c([2H])c([2H])c1n2-c1cc(-c2nc(-c3ccccc3)nc(-c3cccc(-c4cccc5c4sc4ccccc45)c3)n2)ccc1-c1cccc(-c2ccccc2)c1. The maximum atomic E-state index is 9.37. The molecule has 5 heteroatoms. The lowest BCUT2D eigenvalue weighted by molar-refractivity contribution is 1.07. The number of hydrogen-bond acceptors (Lipinski definition) is 4. The van der Waals surface area contributed by atoms with E-state index in [1.165, 1.54) is 20.2 Å². The van der Waals surface area contributed by atoms with Crippen molar-refractivity contribution >= 4 is 53.3 Å². The Bertz CT molecular complexity index is 4040. The minimum Gasteiger partial charge on any atom is -0.309 e. The van der Waals surface area contributed by atoms with Crippen molar-refractivity contribution < 1.29 is 11.0 Å². The molecule has 0 unspecified atom stereocenters. The van der Waals surface area contributed by atoms with Gasteiger partial charge in [-0.1, -0.05) is 182 Å². The van der Waals surface area contributed by atoms with Crippen LogP contribution in [-0.2, 0) is 0 Å². The van der Waals surface area contributed by atoms with Crippen molar-refractivity contribution in [3.05, 3.63) is 218 Å². The molecule has 0 aliphatic heterocycles.